The van der Waals surface area contributed by atoms with Gasteiger partial charge in [-0.05, 0) is 49.9 Å². The fourth-order valence-electron chi connectivity index (χ4n) is 5.35. The van der Waals surface area contributed by atoms with E-state index in [2.05, 4.69) is 62.9 Å². The first-order chi connectivity index (χ1) is 16.7. The number of methoxy groups -OCH3 is 1. The Morgan fingerprint density at radius 1 is 1.00 bits per heavy atom. The summed E-state index contributed by atoms with van der Waals surface area (Å²) >= 11 is 0. The Morgan fingerprint density at radius 3 is 2.41 bits per heavy atom. The topological polar surface area (TPSA) is 56.8 Å². The van der Waals surface area contributed by atoms with Crippen molar-refractivity contribution in [3.05, 3.63) is 71.8 Å². The number of carbonyl (C=O) groups is 1. The van der Waals surface area contributed by atoms with Gasteiger partial charge in [0, 0.05) is 44.8 Å². The van der Waals surface area contributed by atoms with Gasteiger partial charge in [-0.2, -0.15) is 0 Å². The van der Waals surface area contributed by atoms with Crippen LogP contribution in [0.4, 0.5) is 0 Å². The van der Waals surface area contributed by atoms with Gasteiger partial charge < -0.3 is 15.4 Å². The van der Waals surface area contributed by atoms with Gasteiger partial charge in [-0.15, -0.1) is 0 Å². The molecule has 184 valence electrons. The van der Waals surface area contributed by atoms with E-state index in [-0.39, 0.29) is 12.0 Å². The van der Waals surface area contributed by atoms with Gasteiger partial charge in [0.25, 0.3) is 0 Å². The summed E-state index contributed by atoms with van der Waals surface area (Å²) in [6, 6.07) is 22.1. The van der Waals surface area contributed by atoms with Crippen LogP contribution in [0.5, 0.6) is 0 Å². The SMILES string of the molecule is COC(=O)[C@@H]1CN2CCC[C@@H]2CN1Cc1ccccc1.c1ccc(CNC[C@H]2CCCN2)cc1. The van der Waals surface area contributed by atoms with Gasteiger partial charge >= 0.3 is 5.97 Å². The van der Waals surface area contributed by atoms with Crippen molar-refractivity contribution in [2.45, 2.75) is 56.9 Å². The fraction of sp³-hybridized carbons (Fsp3) is 0.536. The lowest BCUT2D eigenvalue weighted by Gasteiger charge is -2.42. The predicted molar refractivity (Wildman–Crippen MR) is 136 cm³/mol. The van der Waals surface area contributed by atoms with Crippen molar-refractivity contribution in [3.8, 4) is 0 Å². The van der Waals surface area contributed by atoms with Gasteiger partial charge in [-0.25, -0.2) is 0 Å². The van der Waals surface area contributed by atoms with Crippen LogP contribution in [0.25, 0.3) is 0 Å². The molecule has 3 aliphatic heterocycles. The van der Waals surface area contributed by atoms with E-state index < -0.39 is 0 Å². The van der Waals surface area contributed by atoms with Crippen LogP contribution in [0.15, 0.2) is 60.7 Å². The van der Waals surface area contributed by atoms with E-state index in [0.717, 1.165) is 39.3 Å². The average Bonchev–Trinajstić information content (AvgIpc) is 3.57. The van der Waals surface area contributed by atoms with E-state index in [9.17, 15) is 4.79 Å². The van der Waals surface area contributed by atoms with Crippen LogP contribution in [0, 0.1) is 0 Å². The van der Waals surface area contributed by atoms with Crippen LogP contribution in [0.3, 0.4) is 0 Å². The Labute approximate surface area is 204 Å². The Balaban J connectivity index is 0.000000172. The zero-order valence-corrected chi connectivity index (χ0v) is 20.5. The average molecular weight is 465 g/mol. The van der Waals surface area contributed by atoms with Crippen molar-refractivity contribution in [3.63, 3.8) is 0 Å². The van der Waals surface area contributed by atoms with Gasteiger partial charge in [-0.3, -0.25) is 14.6 Å². The smallest absolute Gasteiger partial charge is 0.324 e. The molecular formula is C28H40N4O2. The molecule has 0 amide bonds. The minimum Gasteiger partial charge on any atom is -0.468 e. The van der Waals surface area contributed by atoms with E-state index in [1.54, 1.807) is 0 Å². The summed E-state index contributed by atoms with van der Waals surface area (Å²) in [4.78, 5) is 16.8. The largest absolute Gasteiger partial charge is 0.468 e. The zero-order chi connectivity index (χ0) is 23.6. The number of piperazine rings is 1. The Bertz CT molecular complexity index is 857. The molecule has 0 saturated carbocycles. The molecule has 3 saturated heterocycles. The van der Waals surface area contributed by atoms with Crippen LogP contribution in [0.1, 0.15) is 36.8 Å². The maximum Gasteiger partial charge on any atom is 0.324 e. The third-order valence-corrected chi connectivity index (χ3v) is 7.22. The molecule has 0 spiro atoms. The number of ether oxygens (including phenoxy) is 1. The molecular weight excluding hydrogens is 424 g/mol. The van der Waals surface area contributed by atoms with Crippen LogP contribution in [0.2, 0.25) is 0 Å². The predicted octanol–water partition coefficient (Wildman–Crippen LogP) is 3.04. The minimum absolute atomic E-state index is 0.105. The summed E-state index contributed by atoms with van der Waals surface area (Å²) < 4.78 is 5.00. The molecule has 2 aromatic rings. The third kappa shape index (κ3) is 7.12. The second-order valence-electron chi connectivity index (χ2n) is 9.65. The van der Waals surface area contributed by atoms with Crippen LogP contribution in [-0.4, -0.2) is 73.7 Å². The number of nitrogens with zero attached hydrogens (tertiary/aromatic N) is 2. The number of esters is 1. The highest BCUT2D eigenvalue weighted by Gasteiger charge is 2.39. The summed E-state index contributed by atoms with van der Waals surface area (Å²) in [5.74, 6) is -0.105. The number of benzene rings is 2. The second-order valence-corrected chi connectivity index (χ2v) is 9.65. The fourth-order valence-corrected chi connectivity index (χ4v) is 5.35. The maximum absolute atomic E-state index is 12.1. The van der Waals surface area contributed by atoms with Gasteiger partial charge in [0.05, 0.1) is 7.11 Å². The highest BCUT2D eigenvalue weighted by Crippen LogP contribution is 2.26. The molecule has 6 heteroatoms. The molecule has 0 aromatic heterocycles. The highest BCUT2D eigenvalue weighted by atomic mass is 16.5. The lowest BCUT2D eigenvalue weighted by atomic mass is 10.1. The van der Waals surface area contributed by atoms with Crippen molar-refractivity contribution < 1.29 is 9.53 Å². The Hall–Kier alpha value is -2.25. The van der Waals surface area contributed by atoms with E-state index in [1.165, 1.54) is 50.5 Å². The standard InChI is InChI=1S/C16H22N2O2.C12H18N2/c1-20-16(19)15-12-17-9-5-8-14(17)11-18(15)10-13-6-3-2-4-7-13;1-2-5-11(6-3-1)9-13-10-12-7-4-8-14-12/h2-4,6-7,14-15H,5,8-12H2,1H3;1-3,5-6,12-14H,4,7-10H2/t14-,15+;12-/m11/s1. The summed E-state index contributed by atoms with van der Waals surface area (Å²) in [5, 5.41) is 6.96. The van der Waals surface area contributed by atoms with E-state index in [0.29, 0.717) is 12.1 Å². The number of hydrogen-bond donors (Lipinski definition) is 2. The molecule has 5 rings (SSSR count). The van der Waals surface area contributed by atoms with E-state index in [1.807, 2.05) is 18.2 Å². The first-order valence-electron chi connectivity index (χ1n) is 12.8. The summed E-state index contributed by atoms with van der Waals surface area (Å²) in [6.45, 7) is 6.99. The monoisotopic (exact) mass is 464 g/mol. The number of nitrogens with one attached hydrogen (secondary N) is 2. The first-order valence-corrected chi connectivity index (χ1v) is 12.8. The van der Waals surface area contributed by atoms with Crippen molar-refractivity contribution in [1.82, 2.24) is 20.4 Å². The molecule has 2 aromatic carbocycles. The minimum atomic E-state index is -0.130. The van der Waals surface area contributed by atoms with Crippen molar-refractivity contribution in [1.29, 1.82) is 0 Å². The number of fused-ring (bicyclic) bond motifs is 1. The molecule has 3 fully saturated rings. The van der Waals surface area contributed by atoms with Gasteiger partial charge in [-0.1, -0.05) is 60.7 Å². The van der Waals surface area contributed by atoms with Gasteiger partial charge in [0.2, 0.25) is 0 Å². The summed E-state index contributed by atoms with van der Waals surface area (Å²) in [5.41, 5.74) is 2.62. The second kappa shape index (κ2) is 13.0. The lowest BCUT2D eigenvalue weighted by molar-refractivity contribution is -0.150. The van der Waals surface area contributed by atoms with E-state index >= 15 is 0 Å². The molecule has 34 heavy (non-hydrogen) atoms. The van der Waals surface area contributed by atoms with Gasteiger partial charge in [0.1, 0.15) is 6.04 Å². The Kier molecular flexibility index (Phi) is 9.51. The molecule has 3 aliphatic rings. The van der Waals surface area contributed by atoms with Crippen LogP contribution >= 0.6 is 0 Å². The van der Waals surface area contributed by atoms with E-state index in [4.69, 9.17) is 4.74 Å². The molecule has 3 atom stereocenters. The molecule has 0 aliphatic carbocycles. The number of rotatable bonds is 7. The van der Waals surface area contributed by atoms with Crippen LogP contribution in [-0.2, 0) is 22.6 Å². The van der Waals surface area contributed by atoms with Crippen molar-refractivity contribution >= 4 is 5.97 Å². The van der Waals surface area contributed by atoms with Gasteiger partial charge in [0.15, 0.2) is 0 Å². The normalized spacial score (nSPS) is 24.8. The molecule has 3 heterocycles. The Morgan fingerprint density at radius 2 is 1.74 bits per heavy atom. The highest BCUT2D eigenvalue weighted by molar-refractivity contribution is 5.76. The molecule has 6 nitrogen and oxygen atoms in total. The summed E-state index contributed by atoms with van der Waals surface area (Å²) in [6.07, 6.45) is 5.15. The molecule has 2 N–H and O–H groups in total. The maximum atomic E-state index is 12.1. The van der Waals surface area contributed by atoms with Crippen molar-refractivity contribution in [2.24, 2.45) is 0 Å². The molecule has 0 bridgehead atoms. The lowest BCUT2D eigenvalue weighted by Crippen LogP contribution is -2.58. The number of carbonyl (C=O) groups excluding carboxylic acids is 1. The zero-order valence-electron chi connectivity index (χ0n) is 20.5. The third-order valence-electron chi connectivity index (χ3n) is 7.22. The van der Waals surface area contributed by atoms with Crippen molar-refractivity contribution in [2.75, 3.05) is 39.8 Å². The quantitative estimate of drug-likeness (QED) is 0.615. The molecule has 0 unspecified atom stereocenters. The first kappa shape index (κ1) is 24.9. The number of hydrogen-bond acceptors (Lipinski definition) is 6. The molecule has 0 radical (unpaired) electrons. The van der Waals surface area contributed by atoms with Crippen LogP contribution < -0.4 is 10.6 Å². The summed E-state index contributed by atoms with van der Waals surface area (Å²) in [7, 11) is 1.49.